The van der Waals surface area contributed by atoms with E-state index in [0.717, 1.165) is 28.7 Å². The Labute approximate surface area is 164 Å². The largest absolute Gasteiger partial charge is 0.481 e. The van der Waals surface area contributed by atoms with Crippen LogP contribution in [0.1, 0.15) is 18.1 Å². The van der Waals surface area contributed by atoms with Crippen LogP contribution in [0, 0.1) is 0 Å². The summed E-state index contributed by atoms with van der Waals surface area (Å²) in [4.78, 5) is 8.73. The lowest BCUT2D eigenvalue weighted by atomic mass is 10.2. The van der Waals surface area contributed by atoms with E-state index in [1.165, 1.54) is 0 Å². The molecule has 2 N–H and O–H groups in total. The summed E-state index contributed by atoms with van der Waals surface area (Å²) in [7, 11) is 1.60. The quantitative estimate of drug-likeness (QED) is 0.393. The van der Waals surface area contributed by atoms with E-state index < -0.39 is 0 Å². The predicted octanol–water partition coefficient (Wildman–Crippen LogP) is 3.62. The highest BCUT2D eigenvalue weighted by atomic mass is 127. The first-order valence-corrected chi connectivity index (χ1v) is 7.85. The SMILES string of the molecule is CCNC(=NCc1ccc(OC)nc1)NCc1ccccc1Cl.I. The zero-order valence-corrected chi connectivity index (χ0v) is 16.8. The molecule has 1 aromatic heterocycles. The standard InChI is InChI=1S/C17H21ClN4O.HI/c1-3-19-17(22-12-14-6-4-5-7-15(14)18)21-11-13-8-9-16(23-2)20-10-13;/h4-10H,3,11-12H2,1-2H3,(H2,19,21,22);1H. The molecule has 0 radical (unpaired) electrons. The van der Waals surface area contributed by atoms with Crippen LogP contribution in [0.15, 0.2) is 47.6 Å². The third-order valence-corrected chi connectivity index (χ3v) is 3.54. The molecule has 0 aliphatic rings. The van der Waals surface area contributed by atoms with Gasteiger partial charge in [-0.3, -0.25) is 0 Å². The van der Waals surface area contributed by atoms with Crippen LogP contribution in [-0.2, 0) is 13.1 Å². The van der Waals surface area contributed by atoms with E-state index >= 15 is 0 Å². The minimum Gasteiger partial charge on any atom is -0.481 e. The number of guanidine groups is 1. The second-order valence-corrected chi connectivity index (χ2v) is 5.26. The van der Waals surface area contributed by atoms with Gasteiger partial charge >= 0.3 is 0 Å². The lowest BCUT2D eigenvalue weighted by Crippen LogP contribution is -2.36. The van der Waals surface area contributed by atoms with Crippen LogP contribution in [0.25, 0.3) is 0 Å². The van der Waals surface area contributed by atoms with Crippen LogP contribution in [0.4, 0.5) is 0 Å². The highest BCUT2D eigenvalue weighted by Crippen LogP contribution is 2.14. The number of aromatic nitrogens is 1. The summed E-state index contributed by atoms with van der Waals surface area (Å²) in [6.07, 6.45) is 1.76. The number of aliphatic imine (C=N–C) groups is 1. The molecule has 0 saturated heterocycles. The fourth-order valence-electron chi connectivity index (χ4n) is 1.96. The molecule has 0 unspecified atom stereocenters. The van der Waals surface area contributed by atoms with E-state index in [-0.39, 0.29) is 24.0 Å². The minimum absolute atomic E-state index is 0. The number of hydrogen-bond acceptors (Lipinski definition) is 3. The average molecular weight is 461 g/mol. The summed E-state index contributed by atoms with van der Waals surface area (Å²) < 4.78 is 5.05. The number of hydrogen-bond donors (Lipinski definition) is 2. The molecule has 0 aliphatic heterocycles. The Morgan fingerprint density at radius 1 is 1.21 bits per heavy atom. The Morgan fingerprint density at radius 3 is 2.62 bits per heavy atom. The molecular weight excluding hydrogens is 439 g/mol. The van der Waals surface area contributed by atoms with Crippen LogP contribution in [0.5, 0.6) is 5.88 Å². The molecule has 0 amide bonds. The van der Waals surface area contributed by atoms with Crippen molar-refractivity contribution in [1.29, 1.82) is 0 Å². The number of halogens is 2. The molecule has 1 aromatic carbocycles. The van der Waals surface area contributed by atoms with Crippen molar-refractivity contribution < 1.29 is 4.74 Å². The summed E-state index contributed by atoms with van der Waals surface area (Å²) in [5, 5.41) is 7.24. The van der Waals surface area contributed by atoms with Gasteiger partial charge in [-0.15, -0.1) is 24.0 Å². The average Bonchev–Trinajstić information content (AvgIpc) is 2.59. The van der Waals surface area contributed by atoms with Gasteiger partial charge in [-0.05, 0) is 24.1 Å². The van der Waals surface area contributed by atoms with Crippen LogP contribution < -0.4 is 15.4 Å². The maximum atomic E-state index is 6.17. The van der Waals surface area contributed by atoms with Crippen LogP contribution in [0.3, 0.4) is 0 Å². The molecule has 0 saturated carbocycles. The van der Waals surface area contributed by atoms with Crippen LogP contribution in [-0.4, -0.2) is 24.6 Å². The third-order valence-electron chi connectivity index (χ3n) is 3.17. The Morgan fingerprint density at radius 2 is 2.00 bits per heavy atom. The first-order valence-electron chi connectivity index (χ1n) is 7.47. The molecule has 7 heteroatoms. The van der Waals surface area contributed by atoms with Crippen molar-refractivity contribution in [3.05, 3.63) is 58.7 Å². The summed E-state index contributed by atoms with van der Waals surface area (Å²) >= 11 is 6.17. The molecule has 0 fully saturated rings. The Hall–Kier alpha value is -1.54. The molecule has 0 spiro atoms. The molecule has 0 bridgehead atoms. The number of benzene rings is 1. The normalized spacial score (nSPS) is 10.7. The fourth-order valence-corrected chi connectivity index (χ4v) is 2.16. The molecule has 24 heavy (non-hydrogen) atoms. The van der Waals surface area contributed by atoms with Gasteiger partial charge in [0.1, 0.15) is 0 Å². The number of nitrogens with one attached hydrogen (secondary N) is 2. The van der Waals surface area contributed by atoms with Gasteiger partial charge in [0.15, 0.2) is 5.96 Å². The fraction of sp³-hybridized carbons (Fsp3) is 0.294. The highest BCUT2D eigenvalue weighted by Gasteiger charge is 2.02. The lowest BCUT2D eigenvalue weighted by molar-refractivity contribution is 0.397. The summed E-state index contributed by atoms with van der Waals surface area (Å²) in [5.74, 6) is 1.34. The number of rotatable bonds is 6. The molecule has 0 aliphatic carbocycles. The Kier molecular flexibility index (Phi) is 9.48. The molecule has 2 rings (SSSR count). The third kappa shape index (κ3) is 6.52. The smallest absolute Gasteiger partial charge is 0.212 e. The minimum atomic E-state index is 0. The topological polar surface area (TPSA) is 58.5 Å². The number of methoxy groups -OCH3 is 1. The van der Waals surface area contributed by atoms with Gasteiger partial charge in [0.25, 0.3) is 0 Å². The predicted molar refractivity (Wildman–Crippen MR) is 109 cm³/mol. The van der Waals surface area contributed by atoms with E-state index in [1.807, 2.05) is 43.3 Å². The molecule has 130 valence electrons. The van der Waals surface area contributed by atoms with Gasteiger partial charge in [0.05, 0.1) is 13.7 Å². The molecule has 5 nitrogen and oxygen atoms in total. The molecule has 2 aromatic rings. The van der Waals surface area contributed by atoms with Gasteiger partial charge in [0.2, 0.25) is 5.88 Å². The molecule has 1 heterocycles. The van der Waals surface area contributed by atoms with Gasteiger partial charge in [-0.1, -0.05) is 35.9 Å². The number of ether oxygens (including phenoxy) is 1. The zero-order chi connectivity index (χ0) is 16.5. The van der Waals surface area contributed by atoms with E-state index in [9.17, 15) is 0 Å². The van der Waals surface area contributed by atoms with E-state index in [0.29, 0.717) is 19.0 Å². The van der Waals surface area contributed by atoms with Crippen molar-refractivity contribution in [3.63, 3.8) is 0 Å². The Balaban J connectivity index is 0.00000288. The van der Waals surface area contributed by atoms with Crippen molar-refractivity contribution in [2.75, 3.05) is 13.7 Å². The highest BCUT2D eigenvalue weighted by molar-refractivity contribution is 14.0. The van der Waals surface area contributed by atoms with Crippen LogP contribution in [0.2, 0.25) is 5.02 Å². The number of pyridine rings is 1. The van der Waals surface area contributed by atoms with Gasteiger partial charge in [-0.25, -0.2) is 9.98 Å². The van der Waals surface area contributed by atoms with Gasteiger partial charge < -0.3 is 15.4 Å². The van der Waals surface area contributed by atoms with Crippen molar-refractivity contribution in [2.24, 2.45) is 4.99 Å². The summed E-state index contributed by atoms with van der Waals surface area (Å²) in [5.41, 5.74) is 2.05. The first-order chi connectivity index (χ1) is 11.2. The van der Waals surface area contributed by atoms with Crippen molar-refractivity contribution >= 4 is 41.5 Å². The summed E-state index contributed by atoms with van der Waals surface area (Å²) in [6, 6.07) is 11.5. The van der Waals surface area contributed by atoms with E-state index in [1.54, 1.807) is 13.3 Å². The number of nitrogens with zero attached hydrogens (tertiary/aromatic N) is 2. The Bertz CT molecular complexity index is 649. The monoisotopic (exact) mass is 460 g/mol. The van der Waals surface area contributed by atoms with Crippen LogP contribution >= 0.6 is 35.6 Å². The summed E-state index contributed by atoms with van der Waals surface area (Å²) in [6.45, 7) is 3.97. The van der Waals surface area contributed by atoms with Crippen molar-refractivity contribution in [2.45, 2.75) is 20.0 Å². The maximum Gasteiger partial charge on any atom is 0.212 e. The van der Waals surface area contributed by atoms with E-state index in [2.05, 4.69) is 20.6 Å². The molecule has 0 atom stereocenters. The van der Waals surface area contributed by atoms with Gasteiger partial charge in [-0.2, -0.15) is 0 Å². The van der Waals surface area contributed by atoms with Crippen molar-refractivity contribution in [3.8, 4) is 5.88 Å². The lowest BCUT2D eigenvalue weighted by Gasteiger charge is -2.12. The first kappa shape index (κ1) is 20.5. The maximum absolute atomic E-state index is 6.17. The zero-order valence-electron chi connectivity index (χ0n) is 13.8. The molecular formula is C17H22ClIN4O. The van der Waals surface area contributed by atoms with Gasteiger partial charge in [0, 0.05) is 30.4 Å². The van der Waals surface area contributed by atoms with Crippen molar-refractivity contribution in [1.82, 2.24) is 15.6 Å². The second kappa shape index (κ2) is 11.1. The second-order valence-electron chi connectivity index (χ2n) is 4.85. The van der Waals surface area contributed by atoms with E-state index in [4.69, 9.17) is 16.3 Å².